The summed E-state index contributed by atoms with van der Waals surface area (Å²) in [4.78, 5) is 0. The van der Waals surface area contributed by atoms with Crippen LogP contribution < -0.4 is 10.5 Å². The molecule has 0 amide bonds. The van der Waals surface area contributed by atoms with Gasteiger partial charge in [-0.25, -0.2) is 4.68 Å². The second-order valence-electron chi connectivity index (χ2n) is 6.33. The van der Waals surface area contributed by atoms with Gasteiger partial charge in [-0.2, -0.15) is 0 Å². The van der Waals surface area contributed by atoms with E-state index in [9.17, 15) is 0 Å². The fourth-order valence-corrected chi connectivity index (χ4v) is 2.58. The van der Waals surface area contributed by atoms with E-state index < -0.39 is 0 Å². The summed E-state index contributed by atoms with van der Waals surface area (Å²) < 4.78 is 7.84. The number of hydrogen-bond donors (Lipinski definition) is 1. The van der Waals surface area contributed by atoms with Crippen LogP contribution in [0.1, 0.15) is 43.6 Å². The van der Waals surface area contributed by atoms with Gasteiger partial charge >= 0.3 is 0 Å². The number of hydrogen-bond acceptors (Lipinski definition) is 4. The van der Waals surface area contributed by atoms with Crippen LogP contribution in [0.5, 0.6) is 5.75 Å². The molecule has 2 rings (SSSR count). The van der Waals surface area contributed by atoms with E-state index in [0.717, 1.165) is 43.9 Å². The van der Waals surface area contributed by atoms with E-state index in [1.807, 2.05) is 22.9 Å². The summed E-state index contributed by atoms with van der Waals surface area (Å²) in [7, 11) is 0. The van der Waals surface area contributed by atoms with Crippen molar-refractivity contribution in [3.05, 3.63) is 41.2 Å². The second-order valence-corrected chi connectivity index (χ2v) is 6.33. The fraction of sp³-hybridized carbons (Fsp3) is 0.556. The minimum Gasteiger partial charge on any atom is -0.493 e. The molecule has 2 N–H and O–H groups in total. The molecule has 0 saturated heterocycles. The molecule has 0 aliphatic rings. The van der Waals surface area contributed by atoms with Crippen LogP contribution in [0.2, 0.25) is 0 Å². The van der Waals surface area contributed by atoms with E-state index in [0.29, 0.717) is 12.5 Å². The van der Waals surface area contributed by atoms with Gasteiger partial charge in [-0.15, -0.1) is 5.10 Å². The Hall–Kier alpha value is -1.88. The average molecular weight is 316 g/mol. The van der Waals surface area contributed by atoms with Crippen molar-refractivity contribution in [2.45, 2.75) is 53.1 Å². The summed E-state index contributed by atoms with van der Waals surface area (Å²) in [6.45, 7) is 8.52. The van der Waals surface area contributed by atoms with Gasteiger partial charge in [0, 0.05) is 13.1 Å². The molecule has 0 aliphatic heterocycles. The molecule has 1 aromatic carbocycles. The molecule has 0 atom stereocenters. The Morgan fingerprint density at radius 2 is 2.00 bits per heavy atom. The van der Waals surface area contributed by atoms with E-state index in [4.69, 9.17) is 10.5 Å². The van der Waals surface area contributed by atoms with E-state index in [2.05, 4.69) is 37.1 Å². The number of unbranched alkanes of at least 4 members (excludes halogenated alkanes) is 1. The van der Waals surface area contributed by atoms with Crippen LogP contribution in [0.4, 0.5) is 0 Å². The third-order valence-electron chi connectivity index (χ3n) is 3.83. The van der Waals surface area contributed by atoms with Crippen LogP contribution in [-0.4, -0.2) is 21.6 Å². The first kappa shape index (κ1) is 17.5. The van der Waals surface area contributed by atoms with Crippen LogP contribution in [0.3, 0.4) is 0 Å². The van der Waals surface area contributed by atoms with Gasteiger partial charge in [-0.3, -0.25) is 0 Å². The minimum atomic E-state index is 0.457. The lowest BCUT2D eigenvalue weighted by Crippen LogP contribution is -2.11. The number of rotatable bonds is 9. The number of nitrogens with zero attached hydrogens (tertiary/aromatic N) is 3. The number of nitrogens with two attached hydrogens (primary N) is 1. The molecule has 0 fully saturated rings. The first-order chi connectivity index (χ1) is 11.1. The zero-order valence-electron chi connectivity index (χ0n) is 14.5. The van der Waals surface area contributed by atoms with Crippen molar-refractivity contribution in [1.82, 2.24) is 15.0 Å². The molecule has 5 nitrogen and oxygen atoms in total. The summed E-state index contributed by atoms with van der Waals surface area (Å²) in [5.41, 5.74) is 9.04. The zero-order valence-corrected chi connectivity index (χ0v) is 14.5. The van der Waals surface area contributed by atoms with Gasteiger partial charge in [0.15, 0.2) is 0 Å². The number of para-hydroxylation sites is 1. The largest absolute Gasteiger partial charge is 0.493 e. The highest BCUT2D eigenvalue weighted by atomic mass is 16.5. The zero-order chi connectivity index (χ0) is 16.7. The highest BCUT2D eigenvalue weighted by Gasteiger charge is 2.12. The normalized spacial score (nSPS) is 11.2. The Balaban J connectivity index is 1.80. The molecule has 5 heteroatoms. The van der Waals surface area contributed by atoms with Crippen LogP contribution in [0, 0.1) is 12.8 Å². The number of aryl methyl sites for hydroxylation is 2. The standard InChI is InChI=1S/C18H28N4O/c1-14(2)12-17-16(13-19)20-21-22(17)10-6-7-11-23-18-9-5-4-8-15(18)3/h4-5,8-9,14H,6-7,10-13,19H2,1-3H3. The molecule has 0 bridgehead atoms. The quantitative estimate of drug-likeness (QED) is 0.722. The van der Waals surface area contributed by atoms with Gasteiger partial charge in [-0.1, -0.05) is 37.3 Å². The monoisotopic (exact) mass is 316 g/mol. The fourth-order valence-electron chi connectivity index (χ4n) is 2.58. The van der Waals surface area contributed by atoms with Crippen molar-refractivity contribution in [3.63, 3.8) is 0 Å². The molecule has 0 radical (unpaired) electrons. The number of aromatic nitrogens is 3. The van der Waals surface area contributed by atoms with E-state index in [-0.39, 0.29) is 0 Å². The highest BCUT2D eigenvalue weighted by molar-refractivity contribution is 5.31. The van der Waals surface area contributed by atoms with Crippen molar-refractivity contribution in [1.29, 1.82) is 0 Å². The highest BCUT2D eigenvalue weighted by Crippen LogP contribution is 2.17. The van der Waals surface area contributed by atoms with Crippen molar-refractivity contribution in [3.8, 4) is 5.75 Å². The smallest absolute Gasteiger partial charge is 0.122 e. The number of ether oxygens (including phenoxy) is 1. The molecule has 1 aromatic heterocycles. The van der Waals surface area contributed by atoms with Gasteiger partial charge < -0.3 is 10.5 Å². The molecular weight excluding hydrogens is 288 g/mol. The van der Waals surface area contributed by atoms with Gasteiger partial charge in [0.25, 0.3) is 0 Å². The molecule has 0 spiro atoms. The lowest BCUT2D eigenvalue weighted by Gasteiger charge is -2.11. The molecule has 2 aromatic rings. The molecule has 0 saturated carbocycles. The third kappa shape index (κ3) is 5.06. The molecular formula is C18H28N4O. The summed E-state index contributed by atoms with van der Waals surface area (Å²) in [6.07, 6.45) is 2.98. The van der Waals surface area contributed by atoms with Gasteiger partial charge in [0.05, 0.1) is 18.0 Å². The lowest BCUT2D eigenvalue weighted by atomic mass is 10.1. The van der Waals surface area contributed by atoms with E-state index >= 15 is 0 Å². The second kappa shape index (κ2) is 8.67. The Bertz CT molecular complexity index is 607. The minimum absolute atomic E-state index is 0.457. The SMILES string of the molecule is Cc1ccccc1OCCCCn1nnc(CN)c1CC(C)C. The van der Waals surface area contributed by atoms with Crippen LogP contribution in [-0.2, 0) is 19.5 Å². The van der Waals surface area contributed by atoms with Crippen LogP contribution in [0.15, 0.2) is 24.3 Å². The maximum Gasteiger partial charge on any atom is 0.122 e. The van der Waals surface area contributed by atoms with Crippen LogP contribution >= 0.6 is 0 Å². The summed E-state index contributed by atoms with van der Waals surface area (Å²) in [6, 6.07) is 8.11. The Labute approximate surface area is 138 Å². The Kier molecular flexibility index (Phi) is 6.59. The first-order valence-electron chi connectivity index (χ1n) is 8.41. The summed E-state index contributed by atoms with van der Waals surface area (Å²) >= 11 is 0. The maximum absolute atomic E-state index is 5.83. The van der Waals surface area contributed by atoms with E-state index in [1.54, 1.807) is 0 Å². The molecule has 0 unspecified atom stereocenters. The van der Waals surface area contributed by atoms with Gasteiger partial charge in [0.2, 0.25) is 0 Å². The van der Waals surface area contributed by atoms with E-state index in [1.165, 1.54) is 11.3 Å². The molecule has 0 aliphatic carbocycles. The summed E-state index contributed by atoms with van der Waals surface area (Å²) in [5.74, 6) is 1.54. The maximum atomic E-state index is 5.83. The van der Waals surface area contributed by atoms with Crippen molar-refractivity contribution in [2.24, 2.45) is 11.7 Å². The van der Waals surface area contributed by atoms with Gasteiger partial charge in [-0.05, 0) is 43.7 Å². The van der Waals surface area contributed by atoms with Crippen molar-refractivity contribution in [2.75, 3.05) is 6.61 Å². The lowest BCUT2D eigenvalue weighted by molar-refractivity contribution is 0.299. The molecule has 1 heterocycles. The predicted molar refractivity (Wildman–Crippen MR) is 92.4 cm³/mol. The average Bonchev–Trinajstić information content (AvgIpc) is 2.90. The topological polar surface area (TPSA) is 66.0 Å². The Morgan fingerprint density at radius 1 is 1.22 bits per heavy atom. The predicted octanol–water partition coefficient (Wildman–Crippen LogP) is 3.10. The van der Waals surface area contributed by atoms with Gasteiger partial charge in [0.1, 0.15) is 5.75 Å². The first-order valence-corrected chi connectivity index (χ1v) is 8.41. The number of benzene rings is 1. The Morgan fingerprint density at radius 3 is 2.70 bits per heavy atom. The molecule has 23 heavy (non-hydrogen) atoms. The van der Waals surface area contributed by atoms with Crippen molar-refractivity contribution < 1.29 is 4.74 Å². The van der Waals surface area contributed by atoms with Crippen molar-refractivity contribution >= 4 is 0 Å². The van der Waals surface area contributed by atoms with Crippen LogP contribution in [0.25, 0.3) is 0 Å². The summed E-state index contributed by atoms with van der Waals surface area (Å²) in [5, 5.41) is 8.46. The molecule has 126 valence electrons. The third-order valence-corrected chi connectivity index (χ3v) is 3.83.